The smallest absolute Gasteiger partial charge is 0.227 e. The molecule has 2 aliphatic heterocycles. The van der Waals surface area contributed by atoms with Crippen LogP contribution in [0, 0.1) is 5.92 Å². The molecule has 0 bridgehead atoms. The molecule has 2 heterocycles. The van der Waals surface area contributed by atoms with Gasteiger partial charge in [-0.3, -0.25) is 9.59 Å². The Hall–Kier alpha value is -2.66. The van der Waals surface area contributed by atoms with Crippen LogP contribution in [0.1, 0.15) is 44.6 Å². The minimum atomic E-state index is -0.201. The first kappa shape index (κ1) is 23.5. The molecule has 0 spiro atoms. The molecule has 0 aliphatic carbocycles. The van der Waals surface area contributed by atoms with Gasteiger partial charge < -0.3 is 14.5 Å². The minimum Gasteiger partial charge on any atom is -0.378 e. The molecule has 2 aromatic carbocycles. The Balaban J connectivity index is 1.43. The highest BCUT2D eigenvalue weighted by molar-refractivity contribution is 5.82. The topological polar surface area (TPSA) is 49.9 Å². The molecule has 2 saturated heterocycles. The zero-order chi connectivity index (χ0) is 23.0. The van der Waals surface area contributed by atoms with E-state index in [0.29, 0.717) is 32.5 Å². The second-order valence-corrected chi connectivity index (χ2v) is 9.30. The zero-order valence-electron chi connectivity index (χ0n) is 19.7. The lowest BCUT2D eigenvalue weighted by Gasteiger charge is -2.24. The first-order chi connectivity index (χ1) is 16.1. The first-order valence-corrected chi connectivity index (χ1v) is 12.5. The van der Waals surface area contributed by atoms with Crippen molar-refractivity contribution in [2.24, 2.45) is 5.92 Å². The summed E-state index contributed by atoms with van der Waals surface area (Å²) in [6.07, 6.45) is 5.24. The lowest BCUT2D eigenvalue weighted by atomic mass is 9.95. The van der Waals surface area contributed by atoms with Crippen molar-refractivity contribution < 1.29 is 14.3 Å². The van der Waals surface area contributed by atoms with E-state index in [-0.39, 0.29) is 23.8 Å². The van der Waals surface area contributed by atoms with Crippen LogP contribution in [0.5, 0.6) is 0 Å². The van der Waals surface area contributed by atoms with E-state index < -0.39 is 0 Å². The van der Waals surface area contributed by atoms with Crippen LogP contribution < -0.4 is 0 Å². The van der Waals surface area contributed by atoms with Gasteiger partial charge in [0, 0.05) is 39.2 Å². The Bertz CT molecular complexity index is 906. The Labute approximate surface area is 197 Å². The second-order valence-electron chi connectivity index (χ2n) is 9.30. The molecule has 4 rings (SSSR count). The number of amides is 2. The number of benzene rings is 2. The molecule has 5 heteroatoms. The Morgan fingerprint density at radius 1 is 1.03 bits per heavy atom. The van der Waals surface area contributed by atoms with Crippen molar-refractivity contribution in [1.82, 2.24) is 9.80 Å². The predicted octanol–water partition coefficient (Wildman–Crippen LogP) is 4.55. The monoisotopic (exact) mass is 448 g/mol. The predicted molar refractivity (Wildman–Crippen MR) is 131 cm³/mol. The van der Waals surface area contributed by atoms with Gasteiger partial charge in [-0.25, -0.2) is 0 Å². The number of nitrogens with zero attached hydrogens (tertiary/aromatic N) is 2. The van der Waals surface area contributed by atoms with Crippen LogP contribution >= 0.6 is 0 Å². The molecule has 0 aromatic heterocycles. The van der Waals surface area contributed by atoms with Crippen LogP contribution in [0.4, 0.5) is 0 Å². The van der Waals surface area contributed by atoms with Gasteiger partial charge in [-0.15, -0.1) is 0 Å². The molecule has 2 fully saturated rings. The van der Waals surface area contributed by atoms with Crippen molar-refractivity contribution in [3.05, 3.63) is 60.2 Å². The molecule has 2 aliphatic rings. The van der Waals surface area contributed by atoms with Crippen molar-refractivity contribution in [1.29, 1.82) is 0 Å². The lowest BCUT2D eigenvalue weighted by molar-refractivity contribution is -0.135. The van der Waals surface area contributed by atoms with Crippen molar-refractivity contribution in [2.45, 2.75) is 51.6 Å². The summed E-state index contributed by atoms with van der Waals surface area (Å²) in [6, 6.07) is 18.8. The van der Waals surface area contributed by atoms with E-state index in [1.807, 2.05) is 28.0 Å². The molecule has 33 heavy (non-hydrogen) atoms. The quantitative estimate of drug-likeness (QED) is 0.595. The van der Waals surface area contributed by atoms with Gasteiger partial charge in [-0.1, -0.05) is 61.5 Å². The first-order valence-electron chi connectivity index (χ1n) is 12.5. The fourth-order valence-corrected chi connectivity index (χ4v) is 4.98. The van der Waals surface area contributed by atoms with Crippen molar-refractivity contribution >= 4 is 11.8 Å². The second kappa shape index (κ2) is 11.5. The summed E-state index contributed by atoms with van der Waals surface area (Å²) in [6.45, 7) is 5.42. The summed E-state index contributed by atoms with van der Waals surface area (Å²) in [7, 11) is 0. The SMILES string of the molecule is CCCN1CCN(C(=O)CC[C@@H]2CCCO2)C[C@H](Cc2ccc(-c3ccccc3)cc2)C1=O. The molecule has 2 atom stereocenters. The van der Waals surface area contributed by atoms with Crippen molar-refractivity contribution in [2.75, 3.05) is 32.8 Å². The van der Waals surface area contributed by atoms with Gasteiger partial charge >= 0.3 is 0 Å². The van der Waals surface area contributed by atoms with E-state index in [4.69, 9.17) is 4.74 Å². The third kappa shape index (κ3) is 6.23. The molecule has 0 N–H and O–H groups in total. The Morgan fingerprint density at radius 2 is 1.79 bits per heavy atom. The Morgan fingerprint density at radius 3 is 2.48 bits per heavy atom. The van der Waals surface area contributed by atoms with E-state index in [0.717, 1.165) is 44.4 Å². The normalized spacial score (nSPS) is 21.3. The summed E-state index contributed by atoms with van der Waals surface area (Å²) in [4.78, 5) is 30.2. The highest BCUT2D eigenvalue weighted by Crippen LogP contribution is 2.23. The number of carbonyl (C=O) groups excluding carboxylic acids is 2. The van der Waals surface area contributed by atoms with E-state index in [9.17, 15) is 9.59 Å². The van der Waals surface area contributed by atoms with Gasteiger partial charge in [-0.2, -0.15) is 0 Å². The fourth-order valence-electron chi connectivity index (χ4n) is 4.98. The van der Waals surface area contributed by atoms with Crippen LogP contribution in [-0.4, -0.2) is 60.5 Å². The molecule has 5 nitrogen and oxygen atoms in total. The molecule has 0 saturated carbocycles. The van der Waals surface area contributed by atoms with Gasteiger partial charge in [-0.05, 0) is 48.8 Å². The highest BCUT2D eigenvalue weighted by atomic mass is 16.5. The van der Waals surface area contributed by atoms with Crippen LogP contribution in [0.3, 0.4) is 0 Å². The number of hydrogen-bond donors (Lipinski definition) is 0. The molecular weight excluding hydrogens is 412 g/mol. The highest BCUT2D eigenvalue weighted by Gasteiger charge is 2.32. The average molecular weight is 449 g/mol. The van der Waals surface area contributed by atoms with E-state index in [1.165, 1.54) is 11.1 Å². The maximum Gasteiger partial charge on any atom is 0.227 e. The van der Waals surface area contributed by atoms with Crippen LogP contribution in [0.15, 0.2) is 54.6 Å². The van der Waals surface area contributed by atoms with Crippen LogP contribution in [-0.2, 0) is 20.7 Å². The Kier molecular flexibility index (Phi) is 8.16. The third-order valence-corrected chi connectivity index (χ3v) is 6.84. The van der Waals surface area contributed by atoms with Crippen molar-refractivity contribution in [3.8, 4) is 11.1 Å². The standard InChI is InChI=1S/C28H36N2O3/c1-2-16-29-17-18-30(27(31)15-14-26-9-6-19-33-26)21-25(28(29)32)20-22-10-12-24(13-11-22)23-7-4-3-5-8-23/h3-5,7-8,10-13,25-26H,2,6,9,14-21H2,1H3/t25-,26-/m0/s1. The molecule has 0 radical (unpaired) electrons. The summed E-state index contributed by atoms with van der Waals surface area (Å²) >= 11 is 0. The fraction of sp³-hybridized carbons (Fsp3) is 0.500. The maximum atomic E-state index is 13.3. The lowest BCUT2D eigenvalue weighted by Crippen LogP contribution is -2.38. The molecule has 176 valence electrons. The van der Waals surface area contributed by atoms with E-state index in [1.54, 1.807) is 0 Å². The van der Waals surface area contributed by atoms with Gasteiger partial charge in [0.1, 0.15) is 0 Å². The van der Waals surface area contributed by atoms with Gasteiger partial charge in [0.05, 0.1) is 12.0 Å². The number of rotatable bonds is 8. The van der Waals surface area contributed by atoms with Crippen molar-refractivity contribution in [3.63, 3.8) is 0 Å². The average Bonchev–Trinajstić information content (AvgIpc) is 3.33. The molecule has 2 aromatic rings. The maximum absolute atomic E-state index is 13.3. The molecule has 0 unspecified atom stereocenters. The van der Waals surface area contributed by atoms with Crippen LogP contribution in [0.2, 0.25) is 0 Å². The van der Waals surface area contributed by atoms with Crippen LogP contribution in [0.25, 0.3) is 11.1 Å². The number of carbonyl (C=O) groups is 2. The third-order valence-electron chi connectivity index (χ3n) is 6.84. The number of ether oxygens (including phenoxy) is 1. The van der Waals surface area contributed by atoms with E-state index in [2.05, 4.69) is 43.3 Å². The zero-order valence-corrected chi connectivity index (χ0v) is 19.7. The number of hydrogen-bond acceptors (Lipinski definition) is 3. The largest absolute Gasteiger partial charge is 0.378 e. The van der Waals surface area contributed by atoms with Gasteiger partial charge in [0.2, 0.25) is 11.8 Å². The molecule has 2 amide bonds. The molecular formula is C28H36N2O3. The summed E-state index contributed by atoms with van der Waals surface area (Å²) < 4.78 is 5.69. The summed E-state index contributed by atoms with van der Waals surface area (Å²) in [5.41, 5.74) is 3.50. The summed E-state index contributed by atoms with van der Waals surface area (Å²) in [5.74, 6) is 0.132. The van der Waals surface area contributed by atoms with Gasteiger partial charge in [0.15, 0.2) is 0 Å². The van der Waals surface area contributed by atoms with Gasteiger partial charge in [0.25, 0.3) is 0 Å². The summed E-state index contributed by atoms with van der Waals surface area (Å²) in [5, 5.41) is 0. The minimum absolute atomic E-state index is 0.154. The van der Waals surface area contributed by atoms with E-state index >= 15 is 0 Å².